The van der Waals surface area contributed by atoms with Crippen molar-refractivity contribution in [3.63, 3.8) is 0 Å². The van der Waals surface area contributed by atoms with E-state index in [1.165, 1.54) is 43.0 Å². The Morgan fingerprint density at radius 1 is 1.26 bits per heavy atom. The summed E-state index contributed by atoms with van der Waals surface area (Å²) < 4.78 is 0. The van der Waals surface area contributed by atoms with Crippen molar-refractivity contribution >= 4 is 17.7 Å². The summed E-state index contributed by atoms with van der Waals surface area (Å²) in [6, 6.07) is 3.02. The van der Waals surface area contributed by atoms with Crippen molar-refractivity contribution in [2.45, 2.75) is 37.6 Å². The van der Waals surface area contributed by atoms with Crippen LogP contribution in [0.2, 0.25) is 0 Å². The predicted molar refractivity (Wildman–Crippen MR) is 94.1 cm³/mol. The Kier molecular flexibility index (Phi) is 5.43. The quantitative estimate of drug-likeness (QED) is 0.881. The standard InChI is InChI=1S/C17H25N3O2S/c21-15-12-14(4-7-18-15)16(22)19-13-17(5-2-1-3-6-17)20-8-10-23-11-9-20/h4,7,12H,1-3,5-6,8-11,13H2,(H,18,21)(H,19,22). The maximum atomic E-state index is 12.4. The molecule has 1 aliphatic carbocycles. The van der Waals surface area contributed by atoms with E-state index in [1.54, 1.807) is 6.07 Å². The Bertz CT molecular complexity index is 590. The van der Waals surface area contributed by atoms with Crippen LogP contribution in [0.4, 0.5) is 0 Å². The molecule has 5 nitrogen and oxygen atoms in total. The molecule has 2 N–H and O–H groups in total. The Hall–Kier alpha value is -1.27. The minimum atomic E-state index is -0.238. The van der Waals surface area contributed by atoms with Crippen molar-refractivity contribution in [1.82, 2.24) is 15.2 Å². The lowest BCUT2D eigenvalue weighted by atomic mass is 9.80. The monoisotopic (exact) mass is 335 g/mol. The molecule has 0 radical (unpaired) electrons. The number of aromatic amines is 1. The lowest BCUT2D eigenvalue weighted by Crippen LogP contribution is -2.58. The van der Waals surface area contributed by atoms with Gasteiger partial charge in [0.2, 0.25) is 5.56 Å². The molecule has 3 rings (SSSR count). The number of amides is 1. The second-order valence-electron chi connectivity index (χ2n) is 6.51. The molecule has 1 aromatic heterocycles. The zero-order chi connectivity index (χ0) is 16.1. The van der Waals surface area contributed by atoms with Crippen LogP contribution in [0.15, 0.2) is 23.1 Å². The fourth-order valence-corrected chi connectivity index (χ4v) is 4.69. The van der Waals surface area contributed by atoms with Crippen molar-refractivity contribution in [3.8, 4) is 0 Å². The minimum absolute atomic E-state index is 0.107. The highest BCUT2D eigenvalue weighted by molar-refractivity contribution is 7.99. The van der Waals surface area contributed by atoms with Crippen LogP contribution in [0.1, 0.15) is 42.5 Å². The van der Waals surface area contributed by atoms with Crippen LogP contribution in [-0.4, -0.2) is 52.5 Å². The summed E-state index contributed by atoms with van der Waals surface area (Å²) in [4.78, 5) is 28.9. The average Bonchev–Trinajstić information content (AvgIpc) is 2.61. The highest BCUT2D eigenvalue weighted by atomic mass is 32.2. The number of thioether (sulfide) groups is 1. The zero-order valence-corrected chi connectivity index (χ0v) is 14.3. The Labute approximate surface area is 141 Å². The van der Waals surface area contributed by atoms with Crippen molar-refractivity contribution < 1.29 is 4.79 Å². The Balaban J connectivity index is 1.68. The number of nitrogens with zero attached hydrogens (tertiary/aromatic N) is 1. The lowest BCUT2D eigenvalue weighted by molar-refractivity contribution is 0.0549. The summed E-state index contributed by atoms with van der Waals surface area (Å²) in [7, 11) is 0. The largest absolute Gasteiger partial charge is 0.350 e. The predicted octanol–water partition coefficient (Wildman–Crippen LogP) is 1.86. The minimum Gasteiger partial charge on any atom is -0.350 e. The molecule has 0 bridgehead atoms. The van der Waals surface area contributed by atoms with E-state index in [-0.39, 0.29) is 17.0 Å². The van der Waals surface area contributed by atoms with Crippen molar-refractivity contribution in [1.29, 1.82) is 0 Å². The van der Waals surface area contributed by atoms with Gasteiger partial charge in [-0.2, -0.15) is 11.8 Å². The SMILES string of the molecule is O=C(NCC1(N2CCSCC2)CCCCC1)c1cc[nH]c(=O)c1. The van der Waals surface area contributed by atoms with E-state index in [2.05, 4.69) is 15.2 Å². The molecule has 2 heterocycles. The molecule has 1 aliphatic heterocycles. The molecule has 23 heavy (non-hydrogen) atoms. The number of hydrogen-bond donors (Lipinski definition) is 2. The topological polar surface area (TPSA) is 65.2 Å². The number of carbonyl (C=O) groups is 1. The molecular formula is C17H25N3O2S. The van der Waals surface area contributed by atoms with Crippen LogP contribution in [0.3, 0.4) is 0 Å². The zero-order valence-electron chi connectivity index (χ0n) is 13.5. The third-order valence-electron chi connectivity index (χ3n) is 5.08. The molecular weight excluding hydrogens is 310 g/mol. The molecule has 1 aromatic rings. The lowest BCUT2D eigenvalue weighted by Gasteiger charge is -2.48. The van der Waals surface area contributed by atoms with Gasteiger partial charge in [-0.25, -0.2) is 0 Å². The number of H-pyrrole nitrogens is 1. The maximum absolute atomic E-state index is 12.4. The van der Waals surface area contributed by atoms with Gasteiger partial charge in [0.25, 0.3) is 5.91 Å². The summed E-state index contributed by atoms with van der Waals surface area (Å²) in [5.74, 6) is 2.22. The van der Waals surface area contributed by atoms with Crippen LogP contribution in [0, 0.1) is 0 Å². The van der Waals surface area contributed by atoms with Gasteiger partial charge in [0.05, 0.1) is 0 Å². The summed E-state index contributed by atoms with van der Waals surface area (Å²) in [5, 5.41) is 3.09. The van der Waals surface area contributed by atoms with Gasteiger partial charge in [-0.05, 0) is 18.9 Å². The molecule has 1 saturated heterocycles. The third kappa shape index (κ3) is 3.98. The number of carbonyl (C=O) groups excluding carboxylic acids is 1. The van der Waals surface area contributed by atoms with Crippen LogP contribution in [0.5, 0.6) is 0 Å². The van der Waals surface area contributed by atoms with Crippen LogP contribution < -0.4 is 10.9 Å². The maximum Gasteiger partial charge on any atom is 0.251 e. The first kappa shape index (κ1) is 16.6. The first-order valence-corrected chi connectivity index (χ1v) is 9.65. The van der Waals surface area contributed by atoms with Gasteiger partial charge in [0.15, 0.2) is 0 Å². The summed E-state index contributed by atoms with van der Waals surface area (Å²) in [6.45, 7) is 2.92. The van der Waals surface area contributed by atoms with Gasteiger partial charge in [0, 0.05) is 54.5 Å². The van der Waals surface area contributed by atoms with Gasteiger partial charge in [0.1, 0.15) is 0 Å². The number of pyridine rings is 1. The molecule has 0 aromatic carbocycles. The van der Waals surface area contributed by atoms with Crippen LogP contribution in [0.25, 0.3) is 0 Å². The van der Waals surface area contributed by atoms with Crippen molar-refractivity contribution in [2.75, 3.05) is 31.1 Å². The van der Waals surface area contributed by atoms with E-state index >= 15 is 0 Å². The molecule has 0 unspecified atom stereocenters. The van der Waals surface area contributed by atoms with E-state index in [0.717, 1.165) is 25.9 Å². The van der Waals surface area contributed by atoms with E-state index in [1.807, 2.05) is 11.8 Å². The molecule has 0 atom stereocenters. The number of rotatable bonds is 4. The van der Waals surface area contributed by atoms with Crippen LogP contribution in [-0.2, 0) is 0 Å². The van der Waals surface area contributed by atoms with Gasteiger partial charge >= 0.3 is 0 Å². The molecule has 126 valence electrons. The van der Waals surface area contributed by atoms with E-state index in [9.17, 15) is 9.59 Å². The number of nitrogens with one attached hydrogen (secondary N) is 2. The fraction of sp³-hybridized carbons (Fsp3) is 0.647. The second-order valence-corrected chi connectivity index (χ2v) is 7.73. The Morgan fingerprint density at radius 3 is 2.70 bits per heavy atom. The van der Waals surface area contributed by atoms with Gasteiger partial charge in [-0.15, -0.1) is 0 Å². The first-order valence-electron chi connectivity index (χ1n) is 8.49. The number of hydrogen-bond acceptors (Lipinski definition) is 4. The van der Waals surface area contributed by atoms with E-state index < -0.39 is 0 Å². The smallest absolute Gasteiger partial charge is 0.251 e. The van der Waals surface area contributed by atoms with Crippen molar-refractivity contribution in [3.05, 3.63) is 34.2 Å². The number of aromatic nitrogens is 1. The summed E-state index contributed by atoms with van der Waals surface area (Å²) in [5.41, 5.74) is 0.308. The second kappa shape index (κ2) is 7.53. The van der Waals surface area contributed by atoms with Gasteiger partial charge < -0.3 is 10.3 Å². The highest BCUT2D eigenvalue weighted by Crippen LogP contribution is 2.34. The molecule has 0 spiro atoms. The molecule has 2 fully saturated rings. The van der Waals surface area contributed by atoms with Crippen LogP contribution >= 0.6 is 11.8 Å². The summed E-state index contributed by atoms with van der Waals surface area (Å²) >= 11 is 2.02. The fourth-order valence-electron chi connectivity index (χ4n) is 3.79. The highest BCUT2D eigenvalue weighted by Gasteiger charge is 2.38. The van der Waals surface area contributed by atoms with Gasteiger partial charge in [-0.1, -0.05) is 19.3 Å². The molecule has 1 amide bonds. The normalized spacial score (nSPS) is 21.7. The first-order chi connectivity index (χ1) is 11.2. The molecule has 2 aliphatic rings. The van der Waals surface area contributed by atoms with Crippen molar-refractivity contribution in [2.24, 2.45) is 0 Å². The van der Waals surface area contributed by atoms with E-state index in [0.29, 0.717) is 12.1 Å². The summed E-state index contributed by atoms with van der Waals surface area (Å²) in [6.07, 6.45) is 7.62. The third-order valence-corrected chi connectivity index (χ3v) is 6.02. The molecule has 6 heteroatoms. The van der Waals surface area contributed by atoms with Gasteiger partial charge in [-0.3, -0.25) is 14.5 Å². The molecule has 1 saturated carbocycles. The Morgan fingerprint density at radius 2 is 2.00 bits per heavy atom. The van der Waals surface area contributed by atoms with E-state index in [4.69, 9.17) is 0 Å². The average molecular weight is 335 g/mol.